The van der Waals surface area contributed by atoms with Gasteiger partial charge in [0, 0.05) is 0 Å². The fourth-order valence-electron chi connectivity index (χ4n) is 2.73. The summed E-state index contributed by atoms with van der Waals surface area (Å²) >= 11 is 0. The Bertz CT molecular complexity index is 174. The van der Waals surface area contributed by atoms with Crippen molar-refractivity contribution in [2.75, 3.05) is 26.2 Å². The minimum absolute atomic E-state index is 0.524. The van der Waals surface area contributed by atoms with E-state index in [1.807, 2.05) is 0 Å². The van der Waals surface area contributed by atoms with E-state index in [4.69, 9.17) is 5.73 Å². The molecule has 2 N–H and O–H groups in total. The average molecular weight is 240 g/mol. The normalized spacial score (nSPS) is 18.4. The van der Waals surface area contributed by atoms with Gasteiger partial charge in [0.15, 0.2) is 0 Å². The number of nitrogens with zero attached hydrogens (tertiary/aromatic N) is 1. The summed E-state index contributed by atoms with van der Waals surface area (Å²) in [7, 11) is 0. The van der Waals surface area contributed by atoms with Gasteiger partial charge in [-0.25, -0.2) is 0 Å². The molecule has 17 heavy (non-hydrogen) atoms. The Balaban J connectivity index is 2.26. The fourth-order valence-corrected chi connectivity index (χ4v) is 2.73. The summed E-state index contributed by atoms with van der Waals surface area (Å²) < 4.78 is 0. The van der Waals surface area contributed by atoms with Gasteiger partial charge in [-0.1, -0.05) is 33.1 Å². The van der Waals surface area contributed by atoms with Crippen molar-refractivity contribution in [3.8, 4) is 0 Å². The minimum atomic E-state index is 0.524. The molecule has 1 aliphatic carbocycles. The molecule has 2 heteroatoms. The van der Waals surface area contributed by atoms with Gasteiger partial charge in [0.1, 0.15) is 0 Å². The van der Waals surface area contributed by atoms with Crippen molar-refractivity contribution >= 4 is 0 Å². The molecule has 0 heterocycles. The number of hydrogen-bond acceptors (Lipinski definition) is 2. The Morgan fingerprint density at radius 3 is 1.94 bits per heavy atom. The molecule has 1 aliphatic rings. The van der Waals surface area contributed by atoms with Gasteiger partial charge in [0.2, 0.25) is 0 Å². The second-order valence-electron chi connectivity index (χ2n) is 5.86. The van der Waals surface area contributed by atoms with Gasteiger partial charge in [-0.3, -0.25) is 0 Å². The Kier molecular flexibility index (Phi) is 7.14. The van der Waals surface area contributed by atoms with Crippen molar-refractivity contribution in [2.24, 2.45) is 11.1 Å². The summed E-state index contributed by atoms with van der Waals surface area (Å²) in [6.45, 7) is 9.32. The van der Waals surface area contributed by atoms with Crippen LogP contribution in [0.1, 0.15) is 65.2 Å². The van der Waals surface area contributed by atoms with Crippen LogP contribution in [-0.2, 0) is 0 Å². The highest BCUT2D eigenvalue weighted by Gasteiger charge is 2.35. The first kappa shape index (κ1) is 15.0. The summed E-state index contributed by atoms with van der Waals surface area (Å²) in [4.78, 5) is 2.67. The monoisotopic (exact) mass is 240 g/mol. The van der Waals surface area contributed by atoms with Crippen LogP contribution in [0.5, 0.6) is 0 Å². The van der Waals surface area contributed by atoms with Crippen LogP contribution in [0.25, 0.3) is 0 Å². The van der Waals surface area contributed by atoms with Gasteiger partial charge in [0.25, 0.3) is 0 Å². The molecule has 0 aromatic rings. The highest BCUT2D eigenvalue weighted by Crippen LogP contribution is 2.42. The van der Waals surface area contributed by atoms with E-state index in [1.54, 1.807) is 0 Å². The van der Waals surface area contributed by atoms with E-state index in [1.165, 1.54) is 71.0 Å². The van der Waals surface area contributed by atoms with Crippen molar-refractivity contribution in [3.63, 3.8) is 0 Å². The van der Waals surface area contributed by atoms with Crippen LogP contribution < -0.4 is 5.73 Å². The van der Waals surface area contributed by atoms with E-state index in [9.17, 15) is 0 Å². The second-order valence-corrected chi connectivity index (χ2v) is 5.86. The molecule has 0 unspecified atom stereocenters. The van der Waals surface area contributed by atoms with Gasteiger partial charge in [-0.05, 0) is 63.7 Å². The Morgan fingerprint density at radius 1 is 1.00 bits per heavy atom. The molecule has 102 valence electrons. The third-order valence-corrected chi connectivity index (χ3v) is 4.46. The van der Waals surface area contributed by atoms with E-state index in [0.717, 1.165) is 6.54 Å². The van der Waals surface area contributed by atoms with Crippen LogP contribution in [0.3, 0.4) is 0 Å². The largest absolute Gasteiger partial charge is 0.330 e. The molecule has 0 bridgehead atoms. The molecular formula is C15H32N2. The molecular weight excluding hydrogens is 208 g/mol. The number of nitrogens with two attached hydrogens (primary N) is 1. The van der Waals surface area contributed by atoms with E-state index < -0.39 is 0 Å². The number of unbranched alkanes of at least 4 members (excludes halogenated alkanes) is 2. The SMILES string of the molecule is CCCCN(CCCC)CCC1(CN)CCC1. The van der Waals surface area contributed by atoms with E-state index in [-0.39, 0.29) is 0 Å². The number of rotatable bonds is 10. The maximum absolute atomic E-state index is 5.94. The predicted octanol–water partition coefficient (Wildman–Crippen LogP) is 3.41. The van der Waals surface area contributed by atoms with Crippen molar-refractivity contribution in [1.29, 1.82) is 0 Å². The van der Waals surface area contributed by atoms with Crippen LogP contribution in [-0.4, -0.2) is 31.1 Å². The lowest BCUT2D eigenvalue weighted by atomic mass is 9.66. The first-order chi connectivity index (χ1) is 8.26. The Hall–Kier alpha value is -0.0800. The molecule has 0 atom stereocenters. The highest BCUT2D eigenvalue weighted by molar-refractivity contribution is 4.89. The predicted molar refractivity (Wildman–Crippen MR) is 76.2 cm³/mol. The van der Waals surface area contributed by atoms with Crippen molar-refractivity contribution < 1.29 is 0 Å². The van der Waals surface area contributed by atoms with Gasteiger partial charge in [-0.15, -0.1) is 0 Å². The van der Waals surface area contributed by atoms with Gasteiger partial charge in [-0.2, -0.15) is 0 Å². The van der Waals surface area contributed by atoms with Crippen LogP contribution in [0.4, 0.5) is 0 Å². The molecule has 0 saturated heterocycles. The summed E-state index contributed by atoms with van der Waals surface area (Å²) in [5.41, 5.74) is 6.46. The maximum atomic E-state index is 5.94. The van der Waals surface area contributed by atoms with Crippen molar-refractivity contribution in [1.82, 2.24) is 4.90 Å². The third kappa shape index (κ3) is 4.97. The first-order valence-corrected chi connectivity index (χ1v) is 7.69. The summed E-state index contributed by atoms with van der Waals surface area (Å²) in [6, 6.07) is 0. The average Bonchev–Trinajstić information content (AvgIpc) is 2.30. The van der Waals surface area contributed by atoms with E-state index >= 15 is 0 Å². The van der Waals surface area contributed by atoms with Crippen LogP contribution >= 0.6 is 0 Å². The molecule has 1 rings (SSSR count). The smallest absolute Gasteiger partial charge is 0.00130 e. The molecule has 2 nitrogen and oxygen atoms in total. The molecule has 0 aliphatic heterocycles. The molecule has 0 spiro atoms. The zero-order chi connectivity index (χ0) is 12.6. The third-order valence-electron chi connectivity index (χ3n) is 4.46. The fraction of sp³-hybridized carbons (Fsp3) is 1.00. The zero-order valence-corrected chi connectivity index (χ0v) is 12.0. The maximum Gasteiger partial charge on any atom is -0.00130 e. The summed E-state index contributed by atoms with van der Waals surface area (Å²) in [5.74, 6) is 0. The van der Waals surface area contributed by atoms with Crippen molar-refractivity contribution in [2.45, 2.75) is 65.2 Å². The van der Waals surface area contributed by atoms with Crippen LogP contribution in [0.15, 0.2) is 0 Å². The molecule has 1 fully saturated rings. The van der Waals surface area contributed by atoms with E-state index in [2.05, 4.69) is 18.7 Å². The lowest BCUT2D eigenvalue weighted by Gasteiger charge is -2.42. The quantitative estimate of drug-likeness (QED) is 0.634. The van der Waals surface area contributed by atoms with Crippen LogP contribution in [0.2, 0.25) is 0 Å². The van der Waals surface area contributed by atoms with Gasteiger partial charge in [0.05, 0.1) is 0 Å². The molecule has 0 amide bonds. The highest BCUT2D eigenvalue weighted by atomic mass is 15.1. The molecule has 0 aromatic heterocycles. The first-order valence-electron chi connectivity index (χ1n) is 7.69. The topological polar surface area (TPSA) is 29.3 Å². The van der Waals surface area contributed by atoms with Crippen molar-refractivity contribution in [3.05, 3.63) is 0 Å². The molecule has 0 aromatic carbocycles. The second kappa shape index (κ2) is 8.10. The van der Waals surface area contributed by atoms with E-state index in [0.29, 0.717) is 5.41 Å². The zero-order valence-electron chi connectivity index (χ0n) is 12.0. The molecule has 1 saturated carbocycles. The lowest BCUT2D eigenvalue weighted by Crippen LogP contribution is -2.41. The Labute approximate surface area is 108 Å². The minimum Gasteiger partial charge on any atom is -0.330 e. The molecule has 0 radical (unpaired) electrons. The number of hydrogen-bond donors (Lipinski definition) is 1. The standard InChI is InChI=1S/C15H32N2/c1-3-5-11-17(12-6-4-2)13-10-15(14-16)8-7-9-15/h3-14,16H2,1-2H3. The summed E-state index contributed by atoms with van der Waals surface area (Å²) in [6.07, 6.45) is 10.8. The Morgan fingerprint density at radius 2 is 1.59 bits per heavy atom. The summed E-state index contributed by atoms with van der Waals surface area (Å²) in [5, 5.41) is 0. The lowest BCUT2D eigenvalue weighted by molar-refractivity contribution is 0.105. The van der Waals surface area contributed by atoms with Gasteiger partial charge >= 0.3 is 0 Å². The van der Waals surface area contributed by atoms with Gasteiger partial charge < -0.3 is 10.6 Å². The van der Waals surface area contributed by atoms with Crippen LogP contribution in [0, 0.1) is 5.41 Å².